The number of thioether (sulfide) groups is 1. The molecule has 0 radical (unpaired) electrons. The highest BCUT2D eigenvalue weighted by Gasteiger charge is 2.26. The third-order valence-electron chi connectivity index (χ3n) is 3.45. The van der Waals surface area contributed by atoms with Crippen LogP contribution >= 0.6 is 11.8 Å². The lowest BCUT2D eigenvalue weighted by atomic mass is 9.95. The second kappa shape index (κ2) is 6.23. The minimum Gasteiger partial charge on any atom is -0.478 e. The van der Waals surface area contributed by atoms with Gasteiger partial charge in [0.05, 0.1) is 0 Å². The van der Waals surface area contributed by atoms with E-state index in [-0.39, 0.29) is 17.4 Å². The largest absolute Gasteiger partial charge is 0.478 e. The number of anilines is 1. The Morgan fingerprint density at radius 2 is 2.26 bits per heavy atom. The van der Waals surface area contributed by atoms with Crippen LogP contribution in [0.5, 0.6) is 0 Å². The number of carbonyl (C=O) groups is 1. The van der Waals surface area contributed by atoms with Crippen LogP contribution in [0.15, 0.2) is 12.3 Å². The van der Waals surface area contributed by atoms with Crippen LogP contribution in [0.3, 0.4) is 0 Å². The van der Waals surface area contributed by atoms with E-state index < -0.39 is 11.8 Å². The molecule has 0 aliphatic heterocycles. The first-order chi connectivity index (χ1) is 9.13. The van der Waals surface area contributed by atoms with Crippen molar-refractivity contribution >= 4 is 23.5 Å². The maximum Gasteiger partial charge on any atom is 0.338 e. The molecule has 104 valence electrons. The Bertz CT molecular complexity index is 470. The van der Waals surface area contributed by atoms with Gasteiger partial charge in [-0.15, -0.1) is 0 Å². The summed E-state index contributed by atoms with van der Waals surface area (Å²) in [7, 11) is 0. The van der Waals surface area contributed by atoms with E-state index in [0.29, 0.717) is 5.25 Å². The van der Waals surface area contributed by atoms with Crippen molar-refractivity contribution in [3.05, 3.63) is 23.6 Å². The van der Waals surface area contributed by atoms with Crippen LogP contribution in [0.2, 0.25) is 0 Å². The van der Waals surface area contributed by atoms with E-state index in [9.17, 15) is 9.18 Å². The Balaban J connectivity index is 2.18. The van der Waals surface area contributed by atoms with Gasteiger partial charge >= 0.3 is 5.97 Å². The Kier molecular flexibility index (Phi) is 4.63. The summed E-state index contributed by atoms with van der Waals surface area (Å²) in [5, 5.41) is 12.4. The quantitative estimate of drug-likeness (QED) is 0.890. The fraction of sp³-hybridized carbons (Fsp3) is 0.538. The number of nitrogens with one attached hydrogen (secondary N) is 1. The number of nitrogens with zero attached hydrogens (tertiary/aromatic N) is 1. The van der Waals surface area contributed by atoms with E-state index in [4.69, 9.17) is 5.11 Å². The van der Waals surface area contributed by atoms with Gasteiger partial charge in [0.2, 0.25) is 0 Å². The summed E-state index contributed by atoms with van der Waals surface area (Å²) in [6.07, 6.45) is 7.72. The van der Waals surface area contributed by atoms with E-state index >= 15 is 0 Å². The molecule has 2 rings (SSSR count). The number of carboxylic acids is 1. The predicted molar refractivity (Wildman–Crippen MR) is 74.3 cm³/mol. The van der Waals surface area contributed by atoms with Crippen molar-refractivity contribution < 1.29 is 14.3 Å². The number of carboxylic acid groups (broad SMARTS) is 1. The van der Waals surface area contributed by atoms with Crippen molar-refractivity contribution in [1.82, 2.24) is 4.98 Å². The van der Waals surface area contributed by atoms with Crippen molar-refractivity contribution in [3.8, 4) is 0 Å². The zero-order chi connectivity index (χ0) is 13.8. The molecule has 0 bridgehead atoms. The molecule has 1 saturated carbocycles. The minimum absolute atomic E-state index is 0.0471. The molecule has 1 heterocycles. The van der Waals surface area contributed by atoms with Gasteiger partial charge in [-0.2, -0.15) is 11.8 Å². The van der Waals surface area contributed by atoms with E-state index in [1.54, 1.807) is 11.8 Å². The average Bonchev–Trinajstić information content (AvgIpc) is 2.41. The number of rotatable bonds is 4. The first-order valence-electron chi connectivity index (χ1n) is 6.30. The number of aromatic carboxylic acids is 1. The fourth-order valence-corrected chi connectivity index (χ4v) is 3.36. The van der Waals surface area contributed by atoms with Crippen molar-refractivity contribution in [3.63, 3.8) is 0 Å². The third kappa shape index (κ3) is 3.18. The molecular formula is C13H17FN2O2S. The van der Waals surface area contributed by atoms with Gasteiger partial charge in [-0.3, -0.25) is 0 Å². The second-order valence-corrected chi connectivity index (χ2v) is 5.71. The summed E-state index contributed by atoms with van der Waals surface area (Å²) in [6.45, 7) is 0. The Hall–Kier alpha value is -1.30. The van der Waals surface area contributed by atoms with Crippen LogP contribution in [-0.4, -0.2) is 33.6 Å². The van der Waals surface area contributed by atoms with E-state index in [0.717, 1.165) is 19.3 Å². The maximum absolute atomic E-state index is 14.0. The van der Waals surface area contributed by atoms with Crippen molar-refractivity contribution in [2.75, 3.05) is 11.6 Å². The highest BCUT2D eigenvalue weighted by Crippen LogP contribution is 2.30. The van der Waals surface area contributed by atoms with Crippen LogP contribution in [-0.2, 0) is 0 Å². The topological polar surface area (TPSA) is 62.2 Å². The van der Waals surface area contributed by atoms with Crippen LogP contribution in [0, 0.1) is 5.82 Å². The van der Waals surface area contributed by atoms with Crippen molar-refractivity contribution in [2.24, 2.45) is 0 Å². The lowest BCUT2D eigenvalue weighted by molar-refractivity contribution is 0.0692. The molecule has 0 saturated heterocycles. The maximum atomic E-state index is 14.0. The van der Waals surface area contributed by atoms with Crippen LogP contribution in [0.25, 0.3) is 0 Å². The number of halogens is 1. The number of aromatic nitrogens is 1. The van der Waals surface area contributed by atoms with Gasteiger partial charge in [0.1, 0.15) is 5.56 Å². The molecule has 1 fully saturated rings. The molecular weight excluding hydrogens is 267 g/mol. The van der Waals surface area contributed by atoms with Gasteiger partial charge in [-0.1, -0.05) is 12.8 Å². The molecule has 1 aromatic heterocycles. The van der Waals surface area contributed by atoms with E-state index in [1.165, 1.54) is 18.7 Å². The summed E-state index contributed by atoms with van der Waals surface area (Å²) in [4.78, 5) is 14.8. The summed E-state index contributed by atoms with van der Waals surface area (Å²) in [6, 6.07) is 1.32. The third-order valence-corrected chi connectivity index (χ3v) is 4.62. The molecule has 0 amide bonds. The monoisotopic (exact) mass is 284 g/mol. The normalized spacial score (nSPS) is 23.1. The van der Waals surface area contributed by atoms with Gasteiger partial charge in [0.25, 0.3) is 0 Å². The molecule has 6 heteroatoms. The molecule has 19 heavy (non-hydrogen) atoms. The Labute approximate surface area is 115 Å². The van der Waals surface area contributed by atoms with Gasteiger partial charge in [0.15, 0.2) is 11.6 Å². The van der Waals surface area contributed by atoms with E-state index in [1.807, 2.05) is 6.26 Å². The smallest absolute Gasteiger partial charge is 0.338 e. The lowest BCUT2D eigenvalue weighted by Crippen LogP contribution is -2.35. The zero-order valence-electron chi connectivity index (χ0n) is 10.7. The lowest BCUT2D eigenvalue weighted by Gasteiger charge is -2.31. The highest BCUT2D eigenvalue weighted by atomic mass is 32.2. The molecule has 2 unspecified atom stereocenters. The standard InChI is InChI=1S/C13H17FN2O2S/c1-19-10-5-3-2-4-9(10)16-12-11(14)8(13(17)18)6-7-15-12/h6-7,9-10H,2-5H2,1H3,(H,15,16)(H,17,18). The molecule has 0 aromatic carbocycles. The zero-order valence-corrected chi connectivity index (χ0v) is 11.5. The van der Waals surface area contributed by atoms with Crippen LogP contribution in [0.1, 0.15) is 36.0 Å². The fourth-order valence-electron chi connectivity index (χ4n) is 2.43. The predicted octanol–water partition coefficient (Wildman–Crippen LogP) is 3.01. The van der Waals surface area contributed by atoms with Gasteiger partial charge in [0, 0.05) is 17.5 Å². The molecule has 1 aromatic rings. The molecule has 0 spiro atoms. The van der Waals surface area contributed by atoms with Gasteiger partial charge in [-0.25, -0.2) is 14.2 Å². The molecule has 1 aliphatic carbocycles. The molecule has 4 nitrogen and oxygen atoms in total. The molecule has 2 atom stereocenters. The summed E-state index contributed by atoms with van der Waals surface area (Å²) in [5.74, 6) is -2.00. The SMILES string of the molecule is CSC1CCCCC1Nc1nccc(C(=O)O)c1F. The molecule has 1 aliphatic rings. The Morgan fingerprint density at radius 3 is 2.95 bits per heavy atom. The van der Waals surface area contributed by atoms with Gasteiger partial charge in [-0.05, 0) is 25.2 Å². The number of pyridine rings is 1. The Morgan fingerprint density at radius 1 is 1.53 bits per heavy atom. The summed E-state index contributed by atoms with van der Waals surface area (Å²) < 4.78 is 14.0. The van der Waals surface area contributed by atoms with Gasteiger partial charge < -0.3 is 10.4 Å². The number of hydrogen-bond acceptors (Lipinski definition) is 4. The summed E-state index contributed by atoms with van der Waals surface area (Å²) >= 11 is 1.76. The van der Waals surface area contributed by atoms with Crippen molar-refractivity contribution in [1.29, 1.82) is 0 Å². The average molecular weight is 284 g/mol. The second-order valence-electron chi connectivity index (χ2n) is 4.64. The first kappa shape index (κ1) is 14.1. The van der Waals surface area contributed by atoms with Crippen LogP contribution in [0.4, 0.5) is 10.2 Å². The molecule has 2 N–H and O–H groups in total. The van der Waals surface area contributed by atoms with Crippen LogP contribution < -0.4 is 5.32 Å². The van der Waals surface area contributed by atoms with E-state index in [2.05, 4.69) is 10.3 Å². The van der Waals surface area contributed by atoms with Crippen molar-refractivity contribution in [2.45, 2.75) is 37.0 Å². The number of hydrogen-bond donors (Lipinski definition) is 2. The minimum atomic E-state index is -1.27. The summed E-state index contributed by atoms with van der Waals surface area (Å²) in [5.41, 5.74) is -0.339. The first-order valence-corrected chi connectivity index (χ1v) is 7.59. The highest BCUT2D eigenvalue weighted by molar-refractivity contribution is 7.99.